The van der Waals surface area contributed by atoms with Gasteiger partial charge < -0.3 is 11.1 Å². The number of nitrogens with zero attached hydrogens (tertiary/aromatic N) is 2. The van der Waals surface area contributed by atoms with Crippen LogP contribution in [0.1, 0.15) is 25.3 Å². The number of carbonyl (C=O) groups is 1. The van der Waals surface area contributed by atoms with Crippen LogP contribution in [0.25, 0.3) is 11.3 Å². The maximum absolute atomic E-state index is 11.6. The molecule has 0 spiro atoms. The van der Waals surface area contributed by atoms with Gasteiger partial charge in [0.15, 0.2) is 0 Å². The molecular formula is C15H20N4OS. The average molecular weight is 304 g/mol. The van der Waals surface area contributed by atoms with Gasteiger partial charge in [-0.2, -0.15) is 0 Å². The SMILES string of the molecule is CC(C)(N)C(=O)NCCCc1nc(-c2ccncc2)cs1. The number of nitrogens with two attached hydrogens (primary N) is 1. The molecule has 0 aromatic carbocycles. The van der Waals surface area contributed by atoms with Crippen LogP contribution in [0.3, 0.4) is 0 Å². The van der Waals surface area contributed by atoms with Crippen molar-refractivity contribution >= 4 is 17.2 Å². The second-order valence-corrected chi connectivity index (χ2v) is 6.39. The van der Waals surface area contributed by atoms with E-state index in [9.17, 15) is 4.79 Å². The number of rotatable bonds is 6. The van der Waals surface area contributed by atoms with Gasteiger partial charge in [-0.15, -0.1) is 11.3 Å². The molecule has 2 rings (SSSR count). The first-order valence-corrected chi connectivity index (χ1v) is 7.77. The lowest BCUT2D eigenvalue weighted by Gasteiger charge is -2.17. The zero-order valence-corrected chi connectivity index (χ0v) is 13.1. The fourth-order valence-electron chi connectivity index (χ4n) is 1.75. The van der Waals surface area contributed by atoms with Gasteiger partial charge in [0, 0.05) is 36.3 Å². The van der Waals surface area contributed by atoms with E-state index < -0.39 is 5.54 Å². The van der Waals surface area contributed by atoms with Crippen molar-refractivity contribution in [3.63, 3.8) is 0 Å². The normalized spacial score (nSPS) is 11.4. The van der Waals surface area contributed by atoms with Crippen LogP contribution in [0.4, 0.5) is 0 Å². The van der Waals surface area contributed by atoms with Gasteiger partial charge in [-0.3, -0.25) is 9.78 Å². The van der Waals surface area contributed by atoms with Gasteiger partial charge in [0.1, 0.15) is 0 Å². The van der Waals surface area contributed by atoms with E-state index in [1.165, 1.54) is 0 Å². The smallest absolute Gasteiger partial charge is 0.239 e. The fourth-order valence-corrected chi connectivity index (χ4v) is 2.60. The van der Waals surface area contributed by atoms with Gasteiger partial charge in [0.2, 0.25) is 5.91 Å². The lowest BCUT2D eigenvalue weighted by Crippen LogP contribution is -2.49. The number of aromatic nitrogens is 2. The molecule has 0 bridgehead atoms. The number of nitrogens with one attached hydrogen (secondary N) is 1. The first-order valence-electron chi connectivity index (χ1n) is 6.89. The first-order chi connectivity index (χ1) is 9.97. The van der Waals surface area contributed by atoms with Gasteiger partial charge >= 0.3 is 0 Å². The predicted octanol–water partition coefficient (Wildman–Crippen LogP) is 1.99. The Morgan fingerprint density at radius 3 is 2.76 bits per heavy atom. The second-order valence-electron chi connectivity index (χ2n) is 5.44. The van der Waals surface area contributed by atoms with Crippen molar-refractivity contribution in [2.75, 3.05) is 6.54 Å². The molecule has 0 atom stereocenters. The summed E-state index contributed by atoms with van der Waals surface area (Å²) in [4.78, 5) is 20.2. The Balaban J connectivity index is 1.80. The molecule has 2 heterocycles. The van der Waals surface area contributed by atoms with E-state index in [0.717, 1.165) is 29.1 Å². The van der Waals surface area contributed by atoms with Gasteiger partial charge in [-0.05, 0) is 32.4 Å². The monoisotopic (exact) mass is 304 g/mol. The van der Waals surface area contributed by atoms with E-state index in [1.54, 1.807) is 37.6 Å². The molecule has 0 aliphatic heterocycles. The van der Waals surface area contributed by atoms with Crippen LogP contribution in [-0.4, -0.2) is 28.0 Å². The Kier molecular flexibility index (Phi) is 5.03. The molecule has 5 nitrogen and oxygen atoms in total. The van der Waals surface area contributed by atoms with Gasteiger partial charge in [0.05, 0.1) is 16.2 Å². The Morgan fingerprint density at radius 2 is 2.10 bits per heavy atom. The molecule has 0 saturated heterocycles. The van der Waals surface area contributed by atoms with Crippen LogP contribution in [0.15, 0.2) is 29.9 Å². The highest BCUT2D eigenvalue weighted by Crippen LogP contribution is 2.21. The molecule has 0 fully saturated rings. The highest BCUT2D eigenvalue weighted by atomic mass is 32.1. The summed E-state index contributed by atoms with van der Waals surface area (Å²) in [6.07, 6.45) is 5.23. The molecule has 0 aliphatic rings. The van der Waals surface area contributed by atoms with Crippen LogP contribution in [-0.2, 0) is 11.2 Å². The van der Waals surface area contributed by atoms with Crippen LogP contribution in [0, 0.1) is 0 Å². The van der Waals surface area contributed by atoms with E-state index in [1.807, 2.05) is 17.5 Å². The Hall–Kier alpha value is -1.79. The molecule has 6 heteroatoms. The zero-order chi connectivity index (χ0) is 15.3. The molecule has 2 aromatic heterocycles. The minimum absolute atomic E-state index is 0.126. The number of hydrogen-bond donors (Lipinski definition) is 2. The molecule has 2 aromatic rings. The number of thiazole rings is 1. The maximum Gasteiger partial charge on any atom is 0.239 e. The van der Waals surface area contributed by atoms with Crippen LogP contribution in [0.2, 0.25) is 0 Å². The van der Waals surface area contributed by atoms with Crippen molar-refractivity contribution in [2.45, 2.75) is 32.2 Å². The summed E-state index contributed by atoms with van der Waals surface area (Å²) >= 11 is 1.64. The summed E-state index contributed by atoms with van der Waals surface area (Å²) in [5.41, 5.74) is 6.94. The maximum atomic E-state index is 11.6. The zero-order valence-electron chi connectivity index (χ0n) is 12.3. The summed E-state index contributed by atoms with van der Waals surface area (Å²) in [5, 5.41) is 5.96. The van der Waals surface area contributed by atoms with Gasteiger partial charge in [-0.25, -0.2) is 4.98 Å². The Morgan fingerprint density at radius 1 is 1.38 bits per heavy atom. The molecule has 0 saturated carbocycles. The topological polar surface area (TPSA) is 80.9 Å². The third kappa shape index (κ3) is 4.61. The average Bonchev–Trinajstić information content (AvgIpc) is 2.92. The Bertz CT molecular complexity index is 589. The highest BCUT2D eigenvalue weighted by Gasteiger charge is 2.20. The van der Waals surface area contributed by atoms with E-state index >= 15 is 0 Å². The largest absolute Gasteiger partial charge is 0.355 e. The summed E-state index contributed by atoms with van der Waals surface area (Å²) in [6.45, 7) is 4.01. The summed E-state index contributed by atoms with van der Waals surface area (Å²) in [5.74, 6) is -0.126. The summed E-state index contributed by atoms with van der Waals surface area (Å²) in [6, 6.07) is 3.89. The number of carbonyl (C=O) groups excluding carboxylic acids is 1. The lowest BCUT2D eigenvalue weighted by molar-refractivity contribution is -0.125. The first kappa shape index (κ1) is 15.6. The third-order valence-corrected chi connectivity index (χ3v) is 3.87. The molecule has 0 aliphatic carbocycles. The fraction of sp³-hybridized carbons (Fsp3) is 0.400. The third-order valence-electron chi connectivity index (χ3n) is 2.97. The van der Waals surface area contributed by atoms with E-state index in [-0.39, 0.29) is 5.91 Å². The van der Waals surface area contributed by atoms with E-state index in [2.05, 4.69) is 15.3 Å². The van der Waals surface area contributed by atoms with E-state index in [0.29, 0.717) is 6.54 Å². The number of aryl methyl sites for hydroxylation is 1. The molecular weight excluding hydrogens is 284 g/mol. The molecule has 21 heavy (non-hydrogen) atoms. The van der Waals surface area contributed by atoms with Crippen molar-refractivity contribution < 1.29 is 4.79 Å². The van der Waals surface area contributed by atoms with Crippen molar-refractivity contribution in [1.29, 1.82) is 0 Å². The quantitative estimate of drug-likeness (QED) is 0.800. The van der Waals surface area contributed by atoms with Gasteiger partial charge in [0.25, 0.3) is 0 Å². The Labute approximate surface area is 128 Å². The van der Waals surface area contributed by atoms with Gasteiger partial charge in [-0.1, -0.05) is 0 Å². The van der Waals surface area contributed by atoms with E-state index in [4.69, 9.17) is 5.73 Å². The second kappa shape index (κ2) is 6.78. The number of hydrogen-bond acceptors (Lipinski definition) is 5. The minimum atomic E-state index is -0.824. The molecule has 112 valence electrons. The summed E-state index contributed by atoms with van der Waals surface area (Å²) in [7, 11) is 0. The predicted molar refractivity (Wildman–Crippen MR) is 84.9 cm³/mol. The van der Waals surface area contributed by atoms with Crippen molar-refractivity contribution in [3.8, 4) is 11.3 Å². The van der Waals surface area contributed by atoms with Crippen LogP contribution >= 0.6 is 11.3 Å². The lowest BCUT2D eigenvalue weighted by atomic mass is 10.1. The number of amides is 1. The number of pyridine rings is 1. The standard InChI is InChI=1S/C15H20N4OS/c1-15(2,16)14(20)18-7-3-4-13-19-12(10-21-13)11-5-8-17-9-6-11/h5-6,8-10H,3-4,7,16H2,1-2H3,(H,18,20). The molecule has 3 N–H and O–H groups in total. The van der Waals surface area contributed by atoms with Crippen LogP contribution < -0.4 is 11.1 Å². The van der Waals surface area contributed by atoms with Crippen molar-refractivity contribution in [2.24, 2.45) is 5.73 Å². The molecule has 1 amide bonds. The molecule has 0 radical (unpaired) electrons. The summed E-state index contributed by atoms with van der Waals surface area (Å²) < 4.78 is 0. The van der Waals surface area contributed by atoms with Crippen molar-refractivity contribution in [3.05, 3.63) is 34.9 Å². The minimum Gasteiger partial charge on any atom is -0.355 e. The van der Waals surface area contributed by atoms with Crippen LogP contribution in [0.5, 0.6) is 0 Å². The van der Waals surface area contributed by atoms with Crippen molar-refractivity contribution in [1.82, 2.24) is 15.3 Å². The highest BCUT2D eigenvalue weighted by molar-refractivity contribution is 7.09. The molecule has 0 unspecified atom stereocenters.